The molecule has 1 aromatic carbocycles. The molecular formula is C22H31FO2. The molecule has 0 saturated heterocycles. The zero-order chi connectivity index (χ0) is 18.1. The summed E-state index contributed by atoms with van der Waals surface area (Å²) in [6, 6.07) is 7.99. The van der Waals surface area contributed by atoms with E-state index >= 15 is 0 Å². The van der Waals surface area contributed by atoms with Crippen molar-refractivity contribution in [2.24, 2.45) is 11.8 Å². The van der Waals surface area contributed by atoms with Crippen LogP contribution in [-0.4, -0.2) is 18.2 Å². The van der Waals surface area contributed by atoms with Gasteiger partial charge in [-0.2, -0.15) is 0 Å². The van der Waals surface area contributed by atoms with E-state index in [2.05, 4.69) is 6.92 Å². The number of unbranched alkanes of at least 4 members (excludes halogenated alkanes) is 1. The fraction of sp³-hybridized carbons (Fsp3) is 0.636. The summed E-state index contributed by atoms with van der Waals surface area (Å²) in [5, 5.41) is 0. The summed E-state index contributed by atoms with van der Waals surface area (Å²) >= 11 is 0. The van der Waals surface area contributed by atoms with Gasteiger partial charge >= 0.3 is 0 Å². The molecule has 1 fully saturated rings. The summed E-state index contributed by atoms with van der Waals surface area (Å²) in [6.07, 6.45) is 8.00. The lowest BCUT2D eigenvalue weighted by atomic mass is 9.76. The summed E-state index contributed by atoms with van der Waals surface area (Å²) in [6.45, 7) is 1.82. The zero-order valence-corrected chi connectivity index (χ0v) is 15.4. The van der Waals surface area contributed by atoms with Crippen molar-refractivity contribution >= 4 is 11.6 Å². The van der Waals surface area contributed by atoms with Crippen molar-refractivity contribution in [2.75, 3.05) is 6.67 Å². The van der Waals surface area contributed by atoms with Crippen molar-refractivity contribution in [2.45, 2.75) is 71.1 Å². The van der Waals surface area contributed by atoms with Crippen LogP contribution in [0.5, 0.6) is 0 Å². The topological polar surface area (TPSA) is 34.1 Å². The number of Topliss-reactive ketones (excluding diaryl/α,β-unsaturated/α-hetero) is 2. The highest BCUT2D eigenvalue weighted by atomic mass is 19.1. The second kappa shape index (κ2) is 10.5. The van der Waals surface area contributed by atoms with Crippen molar-refractivity contribution in [3.8, 4) is 0 Å². The van der Waals surface area contributed by atoms with Gasteiger partial charge in [-0.05, 0) is 56.1 Å². The minimum Gasteiger partial charge on any atom is -0.299 e. The number of hydrogen-bond acceptors (Lipinski definition) is 2. The molecule has 138 valence electrons. The number of halogens is 1. The number of benzene rings is 1. The fourth-order valence-corrected chi connectivity index (χ4v) is 3.73. The number of rotatable bonds is 10. The third-order valence-electron chi connectivity index (χ3n) is 5.42. The maximum Gasteiger partial charge on any atom is 0.140 e. The molecule has 0 radical (unpaired) electrons. The first-order valence-electron chi connectivity index (χ1n) is 9.83. The van der Waals surface area contributed by atoms with Crippen LogP contribution in [0.3, 0.4) is 0 Å². The molecular weight excluding hydrogens is 315 g/mol. The van der Waals surface area contributed by atoms with Gasteiger partial charge in [0, 0.05) is 24.7 Å². The number of carbonyl (C=O) groups is 2. The van der Waals surface area contributed by atoms with Gasteiger partial charge in [0.15, 0.2) is 0 Å². The van der Waals surface area contributed by atoms with Crippen molar-refractivity contribution in [3.05, 3.63) is 35.4 Å². The van der Waals surface area contributed by atoms with Gasteiger partial charge in [0.2, 0.25) is 0 Å². The fourth-order valence-electron chi connectivity index (χ4n) is 3.73. The Morgan fingerprint density at radius 1 is 0.920 bits per heavy atom. The summed E-state index contributed by atoms with van der Waals surface area (Å²) in [5.74, 6) is 0.999. The third kappa shape index (κ3) is 6.37. The van der Waals surface area contributed by atoms with Crippen molar-refractivity contribution in [3.63, 3.8) is 0 Å². The lowest BCUT2D eigenvalue weighted by Crippen LogP contribution is -2.26. The second-order valence-corrected chi connectivity index (χ2v) is 7.37. The van der Waals surface area contributed by atoms with Gasteiger partial charge in [0.05, 0.1) is 6.67 Å². The Morgan fingerprint density at radius 2 is 1.48 bits per heavy atom. The first-order valence-corrected chi connectivity index (χ1v) is 9.83. The van der Waals surface area contributed by atoms with Gasteiger partial charge in [0.1, 0.15) is 11.6 Å². The van der Waals surface area contributed by atoms with E-state index in [-0.39, 0.29) is 18.5 Å². The first kappa shape index (κ1) is 19.8. The van der Waals surface area contributed by atoms with E-state index < -0.39 is 0 Å². The van der Waals surface area contributed by atoms with Gasteiger partial charge in [0.25, 0.3) is 0 Å². The van der Waals surface area contributed by atoms with Crippen LogP contribution in [0.2, 0.25) is 0 Å². The molecule has 2 nitrogen and oxygen atoms in total. The highest BCUT2D eigenvalue weighted by Gasteiger charge is 2.29. The molecule has 0 aromatic heterocycles. The van der Waals surface area contributed by atoms with Crippen LogP contribution in [-0.2, 0) is 22.4 Å². The minimum atomic E-state index is -0.288. The molecule has 0 N–H and O–H groups in total. The predicted molar refractivity (Wildman–Crippen MR) is 99.4 cm³/mol. The van der Waals surface area contributed by atoms with Crippen LogP contribution < -0.4 is 0 Å². The smallest absolute Gasteiger partial charge is 0.140 e. The molecule has 1 aromatic rings. The predicted octanol–water partition coefficient (Wildman–Crippen LogP) is 5.27. The Morgan fingerprint density at radius 3 is 2.04 bits per heavy atom. The molecule has 0 heterocycles. The number of ketones is 2. The summed E-state index contributed by atoms with van der Waals surface area (Å²) in [7, 11) is 0. The lowest BCUT2D eigenvalue weighted by Gasteiger charge is -2.27. The molecule has 1 aliphatic rings. The Bertz CT molecular complexity index is 542. The molecule has 0 atom stereocenters. The molecule has 1 aliphatic carbocycles. The van der Waals surface area contributed by atoms with E-state index in [1.807, 2.05) is 24.3 Å². The van der Waals surface area contributed by atoms with Gasteiger partial charge in [-0.3, -0.25) is 14.0 Å². The van der Waals surface area contributed by atoms with Crippen LogP contribution in [0.25, 0.3) is 0 Å². The van der Waals surface area contributed by atoms with Crippen molar-refractivity contribution in [1.82, 2.24) is 0 Å². The third-order valence-corrected chi connectivity index (χ3v) is 5.42. The van der Waals surface area contributed by atoms with E-state index in [9.17, 15) is 14.0 Å². The van der Waals surface area contributed by atoms with Crippen LogP contribution >= 0.6 is 0 Å². The summed E-state index contributed by atoms with van der Waals surface area (Å²) in [5.41, 5.74) is 2.16. The Hall–Kier alpha value is -1.51. The minimum absolute atomic E-state index is 0.112. The van der Waals surface area contributed by atoms with Crippen molar-refractivity contribution < 1.29 is 14.0 Å². The van der Waals surface area contributed by atoms with Crippen LogP contribution in [0.1, 0.15) is 69.4 Å². The SMILES string of the molecule is CCCCC(=O)C1CCC(C(=O)Cc2ccc(CCCF)cc2)CC1. The molecule has 0 amide bonds. The number of alkyl halides is 1. The average Bonchev–Trinajstić information content (AvgIpc) is 2.65. The molecule has 3 heteroatoms. The molecule has 0 unspecified atom stereocenters. The van der Waals surface area contributed by atoms with Crippen LogP contribution in [0.4, 0.5) is 4.39 Å². The Kier molecular flexibility index (Phi) is 8.30. The van der Waals surface area contributed by atoms with E-state index in [4.69, 9.17) is 0 Å². The Balaban J connectivity index is 1.77. The molecule has 0 aliphatic heterocycles. The molecule has 0 bridgehead atoms. The maximum absolute atomic E-state index is 12.5. The van der Waals surface area contributed by atoms with Crippen molar-refractivity contribution in [1.29, 1.82) is 0 Å². The maximum atomic E-state index is 12.5. The molecule has 0 spiro atoms. The lowest BCUT2D eigenvalue weighted by molar-refractivity contribution is -0.128. The summed E-state index contributed by atoms with van der Waals surface area (Å²) < 4.78 is 12.2. The molecule has 2 rings (SSSR count). The number of aryl methyl sites for hydroxylation is 1. The second-order valence-electron chi connectivity index (χ2n) is 7.37. The van der Waals surface area contributed by atoms with Gasteiger partial charge in [-0.1, -0.05) is 37.6 Å². The zero-order valence-electron chi connectivity index (χ0n) is 15.4. The van der Waals surface area contributed by atoms with Crippen LogP contribution in [0, 0.1) is 11.8 Å². The Labute approximate surface area is 151 Å². The largest absolute Gasteiger partial charge is 0.299 e. The normalized spacial score (nSPS) is 20.4. The monoisotopic (exact) mass is 346 g/mol. The number of hydrogen-bond donors (Lipinski definition) is 0. The standard InChI is InChI=1S/C22H31FO2/c1-2-3-6-21(24)19-11-13-20(14-12-19)22(25)16-18-9-7-17(8-10-18)5-4-15-23/h7-10,19-20H,2-6,11-16H2,1H3. The van der Waals surface area contributed by atoms with E-state index in [1.165, 1.54) is 0 Å². The van der Waals surface area contributed by atoms with Crippen LogP contribution in [0.15, 0.2) is 24.3 Å². The number of carbonyl (C=O) groups excluding carboxylic acids is 2. The average molecular weight is 346 g/mol. The van der Waals surface area contributed by atoms with E-state index in [0.717, 1.165) is 56.1 Å². The highest BCUT2D eigenvalue weighted by Crippen LogP contribution is 2.31. The van der Waals surface area contributed by atoms with E-state index in [0.29, 0.717) is 30.8 Å². The molecule has 1 saturated carbocycles. The highest BCUT2D eigenvalue weighted by molar-refractivity contribution is 5.84. The summed E-state index contributed by atoms with van der Waals surface area (Å²) in [4.78, 5) is 24.7. The first-order chi connectivity index (χ1) is 12.1. The van der Waals surface area contributed by atoms with E-state index in [1.54, 1.807) is 0 Å². The van der Waals surface area contributed by atoms with Gasteiger partial charge in [-0.15, -0.1) is 0 Å². The van der Waals surface area contributed by atoms with Gasteiger partial charge in [-0.25, -0.2) is 0 Å². The van der Waals surface area contributed by atoms with Gasteiger partial charge < -0.3 is 0 Å². The quantitative estimate of drug-likeness (QED) is 0.578. The molecule has 25 heavy (non-hydrogen) atoms.